The fraction of sp³-hybridized carbons (Fsp3) is 0.857. The fourth-order valence-electron chi connectivity index (χ4n) is 3.01. The molecule has 2 saturated heterocycles. The van der Waals surface area contributed by atoms with Crippen LogP contribution in [0.15, 0.2) is 0 Å². The van der Waals surface area contributed by atoms with Gasteiger partial charge < -0.3 is 20.2 Å². The average molecular weight is 283 g/mol. The summed E-state index contributed by atoms with van der Waals surface area (Å²) in [6.07, 6.45) is 3.85. The number of nitrogens with zero attached hydrogens (tertiary/aromatic N) is 2. The van der Waals surface area contributed by atoms with Crippen molar-refractivity contribution in [3.63, 3.8) is 0 Å². The molecule has 2 fully saturated rings. The molecule has 2 N–H and O–H groups in total. The maximum Gasteiger partial charge on any atom is 0.317 e. The number of urea groups is 1. The van der Waals surface area contributed by atoms with Crippen LogP contribution >= 0.6 is 0 Å². The van der Waals surface area contributed by atoms with E-state index in [9.17, 15) is 9.59 Å². The number of rotatable bonds is 3. The van der Waals surface area contributed by atoms with Crippen molar-refractivity contribution in [2.24, 2.45) is 5.92 Å². The molecule has 0 radical (unpaired) electrons. The molecule has 0 unspecified atom stereocenters. The molecule has 0 saturated carbocycles. The van der Waals surface area contributed by atoms with Gasteiger partial charge in [0.25, 0.3) is 0 Å². The minimum atomic E-state index is -0.737. The zero-order valence-corrected chi connectivity index (χ0v) is 12.2. The number of carboxylic acids is 1. The van der Waals surface area contributed by atoms with Gasteiger partial charge in [0.05, 0.1) is 0 Å². The third-order valence-corrected chi connectivity index (χ3v) is 4.41. The van der Waals surface area contributed by atoms with Gasteiger partial charge in [-0.25, -0.2) is 4.79 Å². The first-order valence-electron chi connectivity index (χ1n) is 7.50. The minimum absolute atomic E-state index is 0.0216. The Kier molecular flexibility index (Phi) is 5.23. The van der Waals surface area contributed by atoms with Gasteiger partial charge >= 0.3 is 12.0 Å². The Morgan fingerprint density at radius 1 is 1.10 bits per heavy atom. The second kappa shape index (κ2) is 6.92. The van der Waals surface area contributed by atoms with Crippen LogP contribution in [0.1, 0.15) is 32.1 Å². The third-order valence-electron chi connectivity index (χ3n) is 4.41. The molecule has 0 spiro atoms. The largest absolute Gasteiger partial charge is 0.481 e. The van der Waals surface area contributed by atoms with E-state index in [-0.39, 0.29) is 24.4 Å². The van der Waals surface area contributed by atoms with E-state index >= 15 is 0 Å². The Bertz CT molecular complexity index is 346. The molecule has 2 aliphatic heterocycles. The number of likely N-dealkylation sites (tertiary alicyclic amines) is 2. The lowest BCUT2D eigenvalue weighted by Crippen LogP contribution is -2.50. The van der Waals surface area contributed by atoms with E-state index in [0.717, 1.165) is 38.8 Å². The molecule has 6 heteroatoms. The number of hydrogen-bond acceptors (Lipinski definition) is 3. The monoisotopic (exact) mass is 283 g/mol. The highest BCUT2D eigenvalue weighted by molar-refractivity contribution is 5.74. The number of aliphatic carboxylic acids is 1. The molecule has 0 aliphatic carbocycles. The summed E-state index contributed by atoms with van der Waals surface area (Å²) in [7, 11) is 2.10. The van der Waals surface area contributed by atoms with Crippen LogP contribution in [0.5, 0.6) is 0 Å². The lowest BCUT2D eigenvalue weighted by molar-refractivity contribution is -0.138. The van der Waals surface area contributed by atoms with E-state index in [2.05, 4.69) is 17.3 Å². The number of piperidine rings is 2. The fourth-order valence-corrected chi connectivity index (χ4v) is 3.01. The van der Waals surface area contributed by atoms with Crippen molar-refractivity contribution in [3.05, 3.63) is 0 Å². The molecule has 0 aromatic carbocycles. The summed E-state index contributed by atoms with van der Waals surface area (Å²) in [5.74, 6) is -0.515. The molecule has 0 bridgehead atoms. The molecule has 6 nitrogen and oxygen atoms in total. The summed E-state index contributed by atoms with van der Waals surface area (Å²) < 4.78 is 0. The second-order valence-corrected chi connectivity index (χ2v) is 6.06. The van der Waals surface area contributed by atoms with E-state index in [1.807, 2.05) is 4.90 Å². The quantitative estimate of drug-likeness (QED) is 0.810. The van der Waals surface area contributed by atoms with Crippen molar-refractivity contribution in [1.82, 2.24) is 15.1 Å². The molecule has 2 aliphatic rings. The van der Waals surface area contributed by atoms with Crippen molar-refractivity contribution < 1.29 is 14.7 Å². The highest BCUT2D eigenvalue weighted by Crippen LogP contribution is 2.20. The van der Waals surface area contributed by atoms with Crippen LogP contribution < -0.4 is 5.32 Å². The molecule has 20 heavy (non-hydrogen) atoms. The van der Waals surface area contributed by atoms with Crippen molar-refractivity contribution in [2.45, 2.75) is 38.1 Å². The Labute approximate surface area is 120 Å². The minimum Gasteiger partial charge on any atom is -0.481 e. The predicted octanol–water partition coefficient (Wildman–Crippen LogP) is 0.977. The highest BCUT2D eigenvalue weighted by Gasteiger charge is 2.26. The van der Waals surface area contributed by atoms with Gasteiger partial charge in [-0.05, 0) is 51.7 Å². The topological polar surface area (TPSA) is 72.9 Å². The maximum atomic E-state index is 12.2. The Hall–Kier alpha value is -1.30. The van der Waals surface area contributed by atoms with Crippen molar-refractivity contribution in [2.75, 3.05) is 33.2 Å². The Morgan fingerprint density at radius 3 is 2.25 bits per heavy atom. The van der Waals surface area contributed by atoms with E-state index in [0.29, 0.717) is 13.1 Å². The molecule has 2 heterocycles. The summed E-state index contributed by atoms with van der Waals surface area (Å²) in [4.78, 5) is 26.9. The van der Waals surface area contributed by atoms with Crippen LogP contribution in [-0.2, 0) is 4.79 Å². The number of nitrogens with one attached hydrogen (secondary N) is 1. The summed E-state index contributed by atoms with van der Waals surface area (Å²) in [6, 6.07) is 0.309. The molecule has 0 aromatic rings. The van der Waals surface area contributed by atoms with Gasteiger partial charge in [0, 0.05) is 25.6 Å². The zero-order valence-electron chi connectivity index (χ0n) is 12.2. The van der Waals surface area contributed by atoms with Gasteiger partial charge in [0.15, 0.2) is 0 Å². The first-order valence-corrected chi connectivity index (χ1v) is 7.50. The molecule has 114 valence electrons. The summed E-state index contributed by atoms with van der Waals surface area (Å²) in [5, 5.41) is 11.9. The van der Waals surface area contributed by atoms with Gasteiger partial charge in [0.1, 0.15) is 0 Å². The van der Waals surface area contributed by atoms with Gasteiger partial charge in [-0.1, -0.05) is 0 Å². The predicted molar refractivity (Wildman–Crippen MR) is 75.6 cm³/mol. The zero-order chi connectivity index (χ0) is 14.5. The Morgan fingerprint density at radius 2 is 1.70 bits per heavy atom. The lowest BCUT2D eigenvalue weighted by atomic mass is 9.94. The van der Waals surface area contributed by atoms with E-state index in [1.165, 1.54) is 0 Å². The van der Waals surface area contributed by atoms with Crippen molar-refractivity contribution in [1.29, 1.82) is 0 Å². The molecular weight excluding hydrogens is 258 g/mol. The van der Waals surface area contributed by atoms with Crippen molar-refractivity contribution >= 4 is 12.0 Å². The average Bonchev–Trinajstić information content (AvgIpc) is 2.41. The van der Waals surface area contributed by atoms with E-state index in [1.54, 1.807) is 0 Å². The number of carboxylic acid groups (broad SMARTS) is 1. The van der Waals surface area contributed by atoms with Crippen LogP contribution in [0.25, 0.3) is 0 Å². The number of carbonyl (C=O) groups is 2. The smallest absolute Gasteiger partial charge is 0.317 e. The summed E-state index contributed by atoms with van der Waals surface area (Å²) in [6.45, 7) is 3.42. The number of carbonyl (C=O) groups excluding carboxylic acids is 1. The van der Waals surface area contributed by atoms with E-state index in [4.69, 9.17) is 5.11 Å². The van der Waals surface area contributed by atoms with Gasteiger partial charge in [-0.15, -0.1) is 0 Å². The number of amides is 2. The molecular formula is C14H25N3O3. The molecule has 0 atom stereocenters. The van der Waals surface area contributed by atoms with Gasteiger partial charge in [-0.3, -0.25) is 4.79 Å². The second-order valence-electron chi connectivity index (χ2n) is 6.06. The molecule has 0 aromatic heterocycles. The molecule has 2 amide bonds. The Balaban J connectivity index is 1.70. The van der Waals surface area contributed by atoms with Crippen LogP contribution in [-0.4, -0.2) is 66.2 Å². The molecule has 2 rings (SSSR count). The highest BCUT2D eigenvalue weighted by atomic mass is 16.4. The van der Waals surface area contributed by atoms with Crippen molar-refractivity contribution in [3.8, 4) is 0 Å². The van der Waals surface area contributed by atoms with Crippen LogP contribution in [0, 0.1) is 5.92 Å². The third kappa shape index (κ3) is 4.37. The first kappa shape index (κ1) is 15.1. The summed E-state index contributed by atoms with van der Waals surface area (Å²) in [5.41, 5.74) is 0. The number of hydrogen-bond donors (Lipinski definition) is 2. The maximum absolute atomic E-state index is 12.2. The standard InChI is InChI=1S/C14H25N3O3/c1-16-6-4-12(5-7-16)15-14(20)17-8-2-11(3-9-17)10-13(18)19/h11-12H,2-10H2,1H3,(H,15,20)(H,18,19). The van der Waals surface area contributed by atoms with Gasteiger partial charge in [-0.2, -0.15) is 0 Å². The van der Waals surface area contributed by atoms with E-state index < -0.39 is 5.97 Å². The normalized spacial score (nSPS) is 22.8. The first-order chi connectivity index (χ1) is 9.54. The van der Waals surface area contributed by atoms with Crippen LogP contribution in [0.4, 0.5) is 4.79 Å². The SMILES string of the molecule is CN1CCC(NC(=O)N2CCC(CC(=O)O)CC2)CC1. The van der Waals surface area contributed by atoms with Crippen LogP contribution in [0.2, 0.25) is 0 Å². The van der Waals surface area contributed by atoms with Crippen LogP contribution in [0.3, 0.4) is 0 Å². The lowest BCUT2D eigenvalue weighted by Gasteiger charge is -2.34. The van der Waals surface area contributed by atoms with Gasteiger partial charge in [0.2, 0.25) is 0 Å². The summed E-state index contributed by atoms with van der Waals surface area (Å²) >= 11 is 0.